The van der Waals surface area contributed by atoms with E-state index in [-0.39, 0.29) is 34.7 Å². The number of ketones is 1. The number of halogens is 2. The highest BCUT2D eigenvalue weighted by molar-refractivity contribution is 6.15. The van der Waals surface area contributed by atoms with Gasteiger partial charge in [-0.3, -0.25) is 19.7 Å². The monoisotopic (exact) mass is 469 g/mol. The molecule has 8 nitrogen and oxygen atoms in total. The quantitative estimate of drug-likeness (QED) is 0.283. The first-order valence-electron chi connectivity index (χ1n) is 10.1. The van der Waals surface area contributed by atoms with Crippen LogP contribution in [0.4, 0.5) is 20.2 Å². The summed E-state index contributed by atoms with van der Waals surface area (Å²) >= 11 is 0. The predicted octanol–water partition coefficient (Wildman–Crippen LogP) is 4.42. The summed E-state index contributed by atoms with van der Waals surface area (Å²) in [6.45, 7) is -2.85. The Hall–Kier alpha value is -4.34. The Balaban J connectivity index is 1.80. The lowest BCUT2D eigenvalue weighted by atomic mass is 9.97. The van der Waals surface area contributed by atoms with Gasteiger partial charge in [0.2, 0.25) is 0 Å². The molecule has 1 N–H and O–H groups in total. The van der Waals surface area contributed by atoms with Crippen LogP contribution >= 0.6 is 0 Å². The molecule has 0 aliphatic heterocycles. The first kappa shape index (κ1) is 24.3. The molecular weight excluding hydrogens is 448 g/mol. The number of rotatable bonds is 9. The van der Waals surface area contributed by atoms with Crippen LogP contribution in [0.2, 0.25) is 0 Å². The fourth-order valence-electron chi connectivity index (χ4n) is 3.29. The lowest BCUT2D eigenvalue weighted by molar-refractivity contribution is -0.384. The number of hydrogen-bond acceptors (Lipinski definition) is 6. The van der Waals surface area contributed by atoms with E-state index in [1.165, 1.54) is 54.6 Å². The number of alkyl halides is 2. The number of nitrogens with zero attached hydrogens (tertiary/aromatic N) is 2. The average molecular weight is 469 g/mol. The Morgan fingerprint density at radius 2 is 1.68 bits per heavy atom. The second-order valence-electron chi connectivity index (χ2n) is 7.43. The highest BCUT2D eigenvalue weighted by Crippen LogP contribution is 2.29. The molecule has 1 amide bonds. The number of carbonyl (C=O) groups excluding carboxylic acids is 2. The lowest BCUT2D eigenvalue weighted by Gasteiger charge is -2.14. The van der Waals surface area contributed by atoms with Crippen LogP contribution in [0.3, 0.4) is 0 Å². The fourth-order valence-corrected chi connectivity index (χ4v) is 3.29. The standard InChI is InChI=1S/C24H21F2N3O5/c1-28(2)20-12-9-16(13-21(20)29(32)33)22(30)18-5-3-4-6-19(18)23(31)27-14-15-7-10-17(11-8-15)34-24(25)26/h3-13,24H,14H2,1-2H3,(H,27,31). The number of hydrogen-bond donors (Lipinski definition) is 1. The summed E-state index contributed by atoms with van der Waals surface area (Å²) in [6, 6.07) is 16.1. The van der Waals surface area contributed by atoms with Gasteiger partial charge in [0.1, 0.15) is 11.4 Å². The molecule has 0 unspecified atom stereocenters. The zero-order chi connectivity index (χ0) is 24.8. The largest absolute Gasteiger partial charge is 0.435 e. The molecule has 0 bridgehead atoms. The van der Waals surface area contributed by atoms with Crippen molar-refractivity contribution in [1.82, 2.24) is 5.32 Å². The molecule has 10 heteroatoms. The van der Waals surface area contributed by atoms with Gasteiger partial charge in [-0.1, -0.05) is 30.3 Å². The van der Waals surface area contributed by atoms with E-state index < -0.39 is 23.2 Å². The van der Waals surface area contributed by atoms with Crippen molar-refractivity contribution in [3.8, 4) is 5.75 Å². The van der Waals surface area contributed by atoms with Crippen LogP contribution in [0.15, 0.2) is 66.7 Å². The van der Waals surface area contributed by atoms with Crippen LogP contribution in [0, 0.1) is 10.1 Å². The highest BCUT2D eigenvalue weighted by atomic mass is 19.3. The molecule has 0 aromatic heterocycles. The van der Waals surface area contributed by atoms with Crippen LogP contribution < -0.4 is 15.0 Å². The van der Waals surface area contributed by atoms with E-state index in [9.17, 15) is 28.5 Å². The minimum atomic E-state index is -2.93. The smallest absolute Gasteiger partial charge is 0.387 e. The first-order valence-corrected chi connectivity index (χ1v) is 10.1. The third-order valence-corrected chi connectivity index (χ3v) is 4.93. The molecule has 0 radical (unpaired) electrons. The number of nitro benzene ring substituents is 1. The van der Waals surface area contributed by atoms with Crippen LogP contribution in [0.1, 0.15) is 31.8 Å². The van der Waals surface area contributed by atoms with Crippen molar-refractivity contribution < 1.29 is 28.0 Å². The first-order chi connectivity index (χ1) is 16.2. The van der Waals surface area contributed by atoms with Crippen molar-refractivity contribution in [2.24, 2.45) is 0 Å². The van der Waals surface area contributed by atoms with Crippen molar-refractivity contribution in [3.05, 3.63) is 99.1 Å². The van der Waals surface area contributed by atoms with Gasteiger partial charge in [-0.25, -0.2) is 0 Å². The van der Waals surface area contributed by atoms with Gasteiger partial charge in [-0.2, -0.15) is 8.78 Å². The zero-order valence-corrected chi connectivity index (χ0v) is 18.3. The number of benzene rings is 3. The summed E-state index contributed by atoms with van der Waals surface area (Å²) in [5.74, 6) is -1.07. The SMILES string of the molecule is CN(C)c1ccc(C(=O)c2ccccc2C(=O)NCc2ccc(OC(F)F)cc2)cc1[N+](=O)[O-]. The molecule has 176 valence electrons. The number of amides is 1. The third-order valence-electron chi connectivity index (χ3n) is 4.93. The highest BCUT2D eigenvalue weighted by Gasteiger charge is 2.22. The maximum atomic E-state index is 13.1. The summed E-state index contributed by atoms with van der Waals surface area (Å²) in [6.07, 6.45) is 0. The second-order valence-corrected chi connectivity index (χ2v) is 7.43. The van der Waals surface area contributed by atoms with Crippen molar-refractivity contribution >= 4 is 23.1 Å². The fraction of sp³-hybridized carbons (Fsp3) is 0.167. The number of nitro groups is 1. The van der Waals surface area contributed by atoms with E-state index in [0.29, 0.717) is 11.3 Å². The minimum absolute atomic E-state index is 0.00426. The Morgan fingerprint density at radius 1 is 1.03 bits per heavy atom. The molecule has 0 aliphatic carbocycles. The molecule has 0 atom stereocenters. The Kier molecular flexibility index (Phi) is 7.52. The van der Waals surface area contributed by atoms with Gasteiger partial charge in [0.15, 0.2) is 5.78 Å². The molecule has 34 heavy (non-hydrogen) atoms. The van der Waals surface area contributed by atoms with E-state index >= 15 is 0 Å². The van der Waals surface area contributed by atoms with E-state index in [1.807, 2.05) is 0 Å². The van der Waals surface area contributed by atoms with Crippen LogP contribution in [0.25, 0.3) is 0 Å². The van der Waals surface area contributed by atoms with Crippen molar-refractivity contribution in [2.75, 3.05) is 19.0 Å². The molecule has 0 saturated carbocycles. The zero-order valence-electron chi connectivity index (χ0n) is 18.3. The van der Waals surface area contributed by atoms with Gasteiger partial charge in [0.25, 0.3) is 11.6 Å². The van der Waals surface area contributed by atoms with Crippen molar-refractivity contribution in [3.63, 3.8) is 0 Å². The summed E-state index contributed by atoms with van der Waals surface area (Å²) in [4.78, 5) is 38.4. The molecule has 0 saturated heterocycles. The van der Waals surface area contributed by atoms with Crippen LogP contribution in [0.5, 0.6) is 5.75 Å². The molecule has 3 rings (SSSR count). The molecule has 0 heterocycles. The Bertz CT molecular complexity index is 1210. The van der Waals surface area contributed by atoms with Crippen molar-refractivity contribution in [1.29, 1.82) is 0 Å². The third kappa shape index (κ3) is 5.71. The Morgan fingerprint density at radius 3 is 2.26 bits per heavy atom. The Labute approximate surface area is 193 Å². The van der Waals surface area contributed by atoms with Gasteiger partial charge in [-0.05, 0) is 35.9 Å². The number of ether oxygens (including phenoxy) is 1. The molecule has 3 aromatic carbocycles. The van der Waals surface area contributed by atoms with Gasteiger partial charge >= 0.3 is 6.61 Å². The molecular formula is C24H21F2N3O5. The summed E-state index contributed by atoms with van der Waals surface area (Å²) < 4.78 is 28.8. The molecule has 3 aromatic rings. The van der Waals surface area contributed by atoms with Gasteiger partial charge in [-0.15, -0.1) is 0 Å². The topological polar surface area (TPSA) is 102 Å². The second kappa shape index (κ2) is 10.5. The molecule has 0 fully saturated rings. The lowest BCUT2D eigenvalue weighted by Crippen LogP contribution is -2.25. The van der Waals surface area contributed by atoms with Crippen LogP contribution in [-0.4, -0.2) is 37.3 Å². The average Bonchev–Trinajstić information content (AvgIpc) is 2.82. The predicted molar refractivity (Wildman–Crippen MR) is 122 cm³/mol. The normalized spacial score (nSPS) is 10.6. The number of nitrogens with one attached hydrogen (secondary N) is 1. The van der Waals surface area contributed by atoms with Crippen LogP contribution in [-0.2, 0) is 6.54 Å². The maximum Gasteiger partial charge on any atom is 0.387 e. The van der Waals surface area contributed by atoms with E-state index in [4.69, 9.17) is 0 Å². The molecule has 0 aliphatic rings. The summed E-state index contributed by atoms with van der Waals surface area (Å²) in [5, 5.41) is 14.1. The summed E-state index contributed by atoms with van der Waals surface area (Å²) in [5.41, 5.74) is 1.02. The van der Waals surface area contributed by atoms with E-state index in [2.05, 4.69) is 10.1 Å². The summed E-state index contributed by atoms with van der Waals surface area (Å²) in [7, 11) is 3.31. The van der Waals surface area contributed by atoms with E-state index in [0.717, 1.165) is 0 Å². The number of anilines is 1. The van der Waals surface area contributed by atoms with Gasteiger partial charge < -0.3 is 15.0 Å². The van der Waals surface area contributed by atoms with E-state index in [1.54, 1.807) is 31.1 Å². The molecule has 0 spiro atoms. The van der Waals surface area contributed by atoms with Gasteiger partial charge in [0, 0.05) is 37.8 Å². The van der Waals surface area contributed by atoms with Crippen molar-refractivity contribution in [2.45, 2.75) is 13.2 Å². The maximum absolute atomic E-state index is 13.1. The minimum Gasteiger partial charge on any atom is -0.435 e. The van der Waals surface area contributed by atoms with Gasteiger partial charge in [0.05, 0.1) is 10.5 Å². The number of carbonyl (C=O) groups is 2.